The third kappa shape index (κ3) is 4.05. The minimum atomic E-state index is 0.418. The smallest absolute Gasteiger partial charge is 0.0345 e. The number of hydrogen-bond donors (Lipinski definition) is 1. The molecule has 0 saturated carbocycles. The van der Waals surface area contributed by atoms with Crippen LogP contribution < -0.4 is 5.32 Å². The van der Waals surface area contributed by atoms with Crippen LogP contribution in [-0.2, 0) is 6.42 Å². The average molecular weight is 275 g/mol. The maximum atomic E-state index is 3.69. The van der Waals surface area contributed by atoms with Crippen LogP contribution in [0.2, 0.25) is 0 Å². The molecule has 1 heterocycles. The monoisotopic (exact) mass is 275 g/mol. The van der Waals surface area contributed by atoms with Gasteiger partial charge in [-0.05, 0) is 38.6 Å². The number of aryl methyl sites for hydroxylation is 1. The summed E-state index contributed by atoms with van der Waals surface area (Å²) >= 11 is 0. The first-order chi connectivity index (χ1) is 9.60. The number of benzene rings is 1. The highest BCUT2D eigenvalue weighted by molar-refractivity contribution is 5.24. The van der Waals surface area contributed by atoms with Gasteiger partial charge in [-0.3, -0.25) is 4.90 Å². The highest BCUT2D eigenvalue weighted by Gasteiger charge is 2.22. The van der Waals surface area contributed by atoms with Crippen molar-refractivity contribution in [2.24, 2.45) is 0 Å². The van der Waals surface area contributed by atoms with Crippen molar-refractivity contribution in [1.82, 2.24) is 15.1 Å². The number of likely N-dealkylation sites (N-methyl/N-ethyl adjacent to an activating group) is 2. The molecule has 3 heteroatoms. The van der Waals surface area contributed by atoms with Crippen molar-refractivity contribution in [3.63, 3.8) is 0 Å². The van der Waals surface area contributed by atoms with E-state index in [4.69, 9.17) is 0 Å². The summed E-state index contributed by atoms with van der Waals surface area (Å²) < 4.78 is 0. The molecule has 1 aromatic carbocycles. The summed E-state index contributed by atoms with van der Waals surface area (Å²) in [6, 6.07) is 10.0. The second-order valence-corrected chi connectivity index (χ2v) is 6.12. The Morgan fingerprint density at radius 2 is 1.90 bits per heavy atom. The van der Waals surface area contributed by atoms with Crippen LogP contribution in [0.25, 0.3) is 0 Å². The standard InChI is InChI=1S/C17H29N3/c1-5-15-6-8-16(9-7-15)14(2)18-12-17-13-19(3)10-11-20(17)4/h6-9,14,17-18H,5,10-13H2,1-4H3. The Bertz CT molecular complexity index is 401. The highest BCUT2D eigenvalue weighted by atomic mass is 15.3. The van der Waals surface area contributed by atoms with E-state index in [9.17, 15) is 0 Å². The van der Waals surface area contributed by atoms with Crippen molar-refractivity contribution in [2.45, 2.75) is 32.4 Å². The van der Waals surface area contributed by atoms with E-state index < -0.39 is 0 Å². The molecular formula is C17H29N3. The zero-order chi connectivity index (χ0) is 14.5. The fraction of sp³-hybridized carbons (Fsp3) is 0.647. The lowest BCUT2D eigenvalue weighted by molar-refractivity contribution is 0.112. The third-order valence-electron chi connectivity index (χ3n) is 4.53. The normalized spacial score (nSPS) is 22.9. The molecule has 112 valence electrons. The maximum Gasteiger partial charge on any atom is 0.0345 e. The highest BCUT2D eigenvalue weighted by Crippen LogP contribution is 2.14. The average Bonchev–Trinajstić information content (AvgIpc) is 2.48. The van der Waals surface area contributed by atoms with Gasteiger partial charge >= 0.3 is 0 Å². The first kappa shape index (κ1) is 15.5. The Hall–Kier alpha value is -0.900. The summed E-state index contributed by atoms with van der Waals surface area (Å²) in [5.74, 6) is 0. The van der Waals surface area contributed by atoms with Crippen molar-refractivity contribution in [3.8, 4) is 0 Å². The molecule has 1 aromatic rings. The first-order valence-electron chi connectivity index (χ1n) is 7.81. The zero-order valence-electron chi connectivity index (χ0n) is 13.4. The molecule has 0 aliphatic carbocycles. The van der Waals surface area contributed by atoms with Crippen LogP contribution in [0.4, 0.5) is 0 Å². The molecule has 1 saturated heterocycles. The molecule has 1 N–H and O–H groups in total. The van der Waals surface area contributed by atoms with Crippen LogP contribution in [0.5, 0.6) is 0 Å². The Kier molecular flexibility index (Phi) is 5.58. The fourth-order valence-corrected chi connectivity index (χ4v) is 2.79. The van der Waals surface area contributed by atoms with Crippen LogP contribution in [0.15, 0.2) is 24.3 Å². The van der Waals surface area contributed by atoms with Crippen molar-refractivity contribution in [2.75, 3.05) is 40.3 Å². The molecule has 0 radical (unpaired) electrons. The molecule has 0 spiro atoms. The Labute approximate surface area is 124 Å². The van der Waals surface area contributed by atoms with Gasteiger partial charge in [0.2, 0.25) is 0 Å². The molecule has 2 unspecified atom stereocenters. The summed E-state index contributed by atoms with van der Waals surface area (Å²) in [6.07, 6.45) is 1.11. The van der Waals surface area contributed by atoms with Gasteiger partial charge in [-0.15, -0.1) is 0 Å². The van der Waals surface area contributed by atoms with Crippen molar-refractivity contribution in [3.05, 3.63) is 35.4 Å². The predicted octanol–water partition coefficient (Wildman–Crippen LogP) is 2.15. The maximum absolute atomic E-state index is 3.69. The van der Waals surface area contributed by atoms with Crippen molar-refractivity contribution < 1.29 is 0 Å². The first-order valence-corrected chi connectivity index (χ1v) is 7.81. The fourth-order valence-electron chi connectivity index (χ4n) is 2.79. The van der Waals surface area contributed by atoms with Gasteiger partial charge in [0.15, 0.2) is 0 Å². The van der Waals surface area contributed by atoms with E-state index in [0.29, 0.717) is 12.1 Å². The zero-order valence-corrected chi connectivity index (χ0v) is 13.4. The molecule has 1 fully saturated rings. The van der Waals surface area contributed by atoms with E-state index in [0.717, 1.165) is 19.5 Å². The topological polar surface area (TPSA) is 18.5 Å². The van der Waals surface area contributed by atoms with Gasteiger partial charge in [0.25, 0.3) is 0 Å². The lowest BCUT2D eigenvalue weighted by atomic mass is 10.0. The lowest BCUT2D eigenvalue weighted by Crippen LogP contribution is -2.53. The second kappa shape index (κ2) is 7.21. The van der Waals surface area contributed by atoms with Gasteiger partial charge in [-0.2, -0.15) is 0 Å². The SMILES string of the molecule is CCc1ccc(C(C)NCC2CN(C)CCN2C)cc1. The quantitative estimate of drug-likeness (QED) is 0.888. The number of piperazine rings is 1. The molecule has 3 nitrogen and oxygen atoms in total. The Balaban J connectivity index is 1.85. The molecule has 1 aliphatic heterocycles. The molecule has 0 amide bonds. The molecule has 20 heavy (non-hydrogen) atoms. The number of nitrogens with zero attached hydrogens (tertiary/aromatic N) is 2. The molecule has 0 bridgehead atoms. The van der Waals surface area contributed by atoms with E-state index in [-0.39, 0.29) is 0 Å². The molecule has 2 atom stereocenters. The summed E-state index contributed by atoms with van der Waals surface area (Å²) in [4.78, 5) is 4.90. The van der Waals surface area contributed by atoms with Crippen LogP contribution in [0.1, 0.15) is 31.0 Å². The molecule has 1 aliphatic rings. The van der Waals surface area contributed by atoms with Gasteiger partial charge in [0.05, 0.1) is 0 Å². The van der Waals surface area contributed by atoms with Gasteiger partial charge in [-0.1, -0.05) is 31.2 Å². The van der Waals surface area contributed by atoms with E-state index in [1.165, 1.54) is 24.2 Å². The molecule has 2 rings (SSSR count). The second-order valence-electron chi connectivity index (χ2n) is 6.12. The molecular weight excluding hydrogens is 246 g/mol. The summed E-state index contributed by atoms with van der Waals surface area (Å²) in [6.45, 7) is 9.02. The third-order valence-corrected chi connectivity index (χ3v) is 4.53. The minimum absolute atomic E-state index is 0.418. The van der Waals surface area contributed by atoms with Crippen LogP contribution in [0, 0.1) is 0 Å². The van der Waals surface area contributed by atoms with Gasteiger partial charge < -0.3 is 10.2 Å². The van der Waals surface area contributed by atoms with E-state index in [2.05, 4.69) is 67.3 Å². The van der Waals surface area contributed by atoms with Gasteiger partial charge in [0.1, 0.15) is 0 Å². The van der Waals surface area contributed by atoms with Crippen LogP contribution >= 0.6 is 0 Å². The van der Waals surface area contributed by atoms with E-state index >= 15 is 0 Å². The lowest BCUT2D eigenvalue weighted by Gasteiger charge is -2.38. The number of hydrogen-bond acceptors (Lipinski definition) is 3. The largest absolute Gasteiger partial charge is 0.309 e. The number of rotatable bonds is 5. The Morgan fingerprint density at radius 1 is 1.20 bits per heavy atom. The summed E-state index contributed by atoms with van der Waals surface area (Å²) in [5.41, 5.74) is 2.80. The predicted molar refractivity (Wildman–Crippen MR) is 86.2 cm³/mol. The van der Waals surface area contributed by atoms with E-state index in [1.54, 1.807) is 0 Å². The number of nitrogens with one attached hydrogen (secondary N) is 1. The van der Waals surface area contributed by atoms with Gasteiger partial charge in [0, 0.05) is 38.3 Å². The van der Waals surface area contributed by atoms with Crippen molar-refractivity contribution >= 4 is 0 Å². The van der Waals surface area contributed by atoms with E-state index in [1.807, 2.05) is 0 Å². The Morgan fingerprint density at radius 3 is 2.55 bits per heavy atom. The van der Waals surface area contributed by atoms with Crippen molar-refractivity contribution in [1.29, 1.82) is 0 Å². The van der Waals surface area contributed by atoms with Gasteiger partial charge in [-0.25, -0.2) is 0 Å². The molecule has 0 aromatic heterocycles. The van der Waals surface area contributed by atoms with Crippen LogP contribution in [-0.4, -0.2) is 56.1 Å². The minimum Gasteiger partial charge on any atom is -0.309 e. The summed E-state index contributed by atoms with van der Waals surface area (Å²) in [5, 5.41) is 3.69. The van der Waals surface area contributed by atoms with Crippen LogP contribution in [0.3, 0.4) is 0 Å². The summed E-state index contributed by atoms with van der Waals surface area (Å²) in [7, 11) is 4.45.